The van der Waals surface area contributed by atoms with Crippen molar-refractivity contribution in [1.29, 1.82) is 0 Å². The standard InChI is InChI=1S/C17H24O7/c1-2-3-9-22-14-12(10-18)23-17(21)15(13(14)19)24-16(20)11-7-5-4-6-8-11/h4-8,12-15,17-19,21H,2-3,9-10H2,1H3/t12?,13?,14-,15?,17+/m1/s1. The van der Waals surface area contributed by atoms with Crippen LogP contribution in [-0.2, 0) is 14.2 Å². The lowest BCUT2D eigenvalue weighted by atomic mass is 9.98. The van der Waals surface area contributed by atoms with Crippen LogP contribution in [0.3, 0.4) is 0 Å². The van der Waals surface area contributed by atoms with E-state index in [-0.39, 0.29) is 0 Å². The first-order valence-corrected chi connectivity index (χ1v) is 8.08. The van der Waals surface area contributed by atoms with Gasteiger partial charge in [0.15, 0.2) is 12.4 Å². The molecular formula is C17H24O7. The molecule has 1 fully saturated rings. The van der Waals surface area contributed by atoms with E-state index in [1.807, 2.05) is 6.92 Å². The number of ether oxygens (including phenoxy) is 3. The minimum atomic E-state index is -1.55. The predicted molar refractivity (Wildman–Crippen MR) is 84.3 cm³/mol. The molecule has 134 valence electrons. The van der Waals surface area contributed by atoms with Crippen molar-refractivity contribution in [3.8, 4) is 0 Å². The van der Waals surface area contributed by atoms with Gasteiger partial charge in [-0.15, -0.1) is 0 Å². The van der Waals surface area contributed by atoms with Gasteiger partial charge in [0.05, 0.1) is 12.2 Å². The Kier molecular flexibility index (Phi) is 7.14. The molecule has 1 aliphatic heterocycles. The van der Waals surface area contributed by atoms with E-state index < -0.39 is 43.3 Å². The van der Waals surface area contributed by atoms with E-state index in [0.29, 0.717) is 12.2 Å². The van der Waals surface area contributed by atoms with Crippen molar-refractivity contribution in [3.05, 3.63) is 35.9 Å². The van der Waals surface area contributed by atoms with Crippen LogP contribution in [0, 0.1) is 0 Å². The molecule has 1 aromatic carbocycles. The molecule has 1 aromatic rings. The van der Waals surface area contributed by atoms with Crippen molar-refractivity contribution in [3.63, 3.8) is 0 Å². The van der Waals surface area contributed by atoms with Gasteiger partial charge in [-0.05, 0) is 18.6 Å². The summed E-state index contributed by atoms with van der Waals surface area (Å²) >= 11 is 0. The molecule has 0 saturated carbocycles. The Morgan fingerprint density at radius 1 is 1.21 bits per heavy atom. The first kappa shape index (κ1) is 18.8. The maximum atomic E-state index is 12.1. The first-order chi connectivity index (χ1) is 11.6. The van der Waals surface area contributed by atoms with Gasteiger partial charge in [0.25, 0.3) is 0 Å². The van der Waals surface area contributed by atoms with Crippen LogP contribution in [0.5, 0.6) is 0 Å². The Labute approximate surface area is 140 Å². The van der Waals surface area contributed by atoms with Gasteiger partial charge in [0.1, 0.15) is 18.3 Å². The summed E-state index contributed by atoms with van der Waals surface area (Å²) in [4.78, 5) is 12.1. The average Bonchev–Trinajstić information content (AvgIpc) is 2.60. The van der Waals surface area contributed by atoms with Gasteiger partial charge < -0.3 is 29.5 Å². The third-order valence-corrected chi connectivity index (χ3v) is 3.88. The molecule has 0 aliphatic carbocycles. The van der Waals surface area contributed by atoms with Crippen LogP contribution in [0.4, 0.5) is 0 Å². The number of carbonyl (C=O) groups is 1. The zero-order valence-electron chi connectivity index (χ0n) is 13.6. The summed E-state index contributed by atoms with van der Waals surface area (Å²) in [5.41, 5.74) is 0.296. The summed E-state index contributed by atoms with van der Waals surface area (Å²) in [5, 5.41) is 29.8. The quantitative estimate of drug-likeness (QED) is 0.489. The van der Waals surface area contributed by atoms with Gasteiger partial charge >= 0.3 is 5.97 Å². The topological polar surface area (TPSA) is 105 Å². The fourth-order valence-corrected chi connectivity index (χ4v) is 2.52. The summed E-state index contributed by atoms with van der Waals surface area (Å²) in [6, 6.07) is 8.25. The molecule has 0 spiro atoms. The molecule has 3 N–H and O–H groups in total. The second-order valence-corrected chi connectivity index (χ2v) is 5.66. The van der Waals surface area contributed by atoms with Crippen molar-refractivity contribution in [1.82, 2.24) is 0 Å². The number of aliphatic hydroxyl groups is 3. The highest BCUT2D eigenvalue weighted by molar-refractivity contribution is 5.89. The molecule has 1 heterocycles. The average molecular weight is 340 g/mol. The van der Waals surface area contributed by atoms with Gasteiger partial charge in [0, 0.05) is 6.61 Å². The molecule has 0 bridgehead atoms. The van der Waals surface area contributed by atoms with Crippen LogP contribution in [0.1, 0.15) is 30.1 Å². The molecule has 2 rings (SSSR count). The Morgan fingerprint density at radius 3 is 2.54 bits per heavy atom. The molecule has 7 nitrogen and oxygen atoms in total. The van der Waals surface area contributed by atoms with Crippen LogP contribution in [-0.4, -0.2) is 65.2 Å². The molecule has 0 radical (unpaired) electrons. The van der Waals surface area contributed by atoms with Gasteiger partial charge in [-0.3, -0.25) is 0 Å². The SMILES string of the molecule is CCCCO[C@@H]1C(CO)O[C@H](O)C(OC(=O)c2ccccc2)C1O. The second-order valence-electron chi connectivity index (χ2n) is 5.66. The Balaban J connectivity index is 2.06. The number of hydrogen-bond acceptors (Lipinski definition) is 7. The lowest BCUT2D eigenvalue weighted by Crippen LogP contribution is -2.60. The largest absolute Gasteiger partial charge is 0.450 e. The summed E-state index contributed by atoms with van der Waals surface area (Å²) in [5.74, 6) is -0.683. The number of rotatable bonds is 7. The van der Waals surface area contributed by atoms with E-state index in [2.05, 4.69) is 0 Å². The smallest absolute Gasteiger partial charge is 0.338 e. The molecule has 0 amide bonds. The lowest BCUT2D eigenvalue weighted by Gasteiger charge is -2.41. The fourth-order valence-electron chi connectivity index (χ4n) is 2.52. The zero-order valence-corrected chi connectivity index (χ0v) is 13.6. The van der Waals surface area contributed by atoms with Gasteiger partial charge in [-0.25, -0.2) is 4.79 Å². The molecule has 24 heavy (non-hydrogen) atoms. The van der Waals surface area contributed by atoms with Crippen LogP contribution in [0.2, 0.25) is 0 Å². The van der Waals surface area contributed by atoms with Crippen molar-refractivity contribution in [2.75, 3.05) is 13.2 Å². The van der Waals surface area contributed by atoms with Crippen molar-refractivity contribution >= 4 is 5.97 Å². The first-order valence-electron chi connectivity index (χ1n) is 8.08. The third-order valence-electron chi connectivity index (χ3n) is 3.88. The third kappa shape index (κ3) is 4.52. The van der Waals surface area contributed by atoms with Crippen molar-refractivity contribution < 1.29 is 34.3 Å². The molecular weight excluding hydrogens is 316 g/mol. The Morgan fingerprint density at radius 2 is 1.92 bits per heavy atom. The van der Waals surface area contributed by atoms with E-state index >= 15 is 0 Å². The normalized spacial score (nSPS) is 30.1. The number of aliphatic hydroxyl groups excluding tert-OH is 3. The van der Waals surface area contributed by atoms with Crippen LogP contribution >= 0.6 is 0 Å². The van der Waals surface area contributed by atoms with E-state index in [1.165, 1.54) is 0 Å². The zero-order chi connectivity index (χ0) is 17.5. The highest BCUT2D eigenvalue weighted by Gasteiger charge is 2.47. The van der Waals surface area contributed by atoms with Crippen LogP contribution < -0.4 is 0 Å². The van der Waals surface area contributed by atoms with E-state index in [0.717, 1.165) is 12.8 Å². The summed E-state index contributed by atoms with van der Waals surface area (Å²) in [6.45, 7) is 1.94. The number of unbranched alkanes of at least 4 members (excludes halogenated alkanes) is 1. The number of hydrogen-bond donors (Lipinski definition) is 3. The molecule has 3 unspecified atom stereocenters. The minimum Gasteiger partial charge on any atom is -0.450 e. The lowest BCUT2D eigenvalue weighted by molar-refractivity contribution is -0.293. The fraction of sp³-hybridized carbons (Fsp3) is 0.588. The summed E-state index contributed by atoms with van der Waals surface area (Å²) < 4.78 is 16.0. The number of benzene rings is 1. The highest BCUT2D eigenvalue weighted by atomic mass is 16.7. The predicted octanol–water partition coefficient (Wildman–Crippen LogP) is 0.468. The molecule has 1 aliphatic rings. The highest BCUT2D eigenvalue weighted by Crippen LogP contribution is 2.25. The maximum absolute atomic E-state index is 12.1. The molecule has 0 aromatic heterocycles. The van der Waals surface area contributed by atoms with E-state index in [1.54, 1.807) is 30.3 Å². The summed E-state index contributed by atoms with van der Waals surface area (Å²) in [7, 11) is 0. The number of esters is 1. The Hall–Kier alpha value is -1.51. The molecule has 7 heteroatoms. The minimum absolute atomic E-state index is 0.296. The van der Waals surface area contributed by atoms with Crippen molar-refractivity contribution in [2.24, 2.45) is 0 Å². The monoisotopic (exact) mass is 340 g/mol. The van der Waals surface area contributed by atoms with Gasteiger partial charge in [-0.2, -0.15) is 0 Å². The van der Waals surface area contributed by atoms with Crippen molar-refractivity contribution in [2.45, 2.75) is 50.5 Å². The molecule has 1 saturated heterocycles. The van der Waals surface area contributed by atoms with E-state index in [9.17, 15) is 20.1 Å². The van der Waals surface area contributed by atoms with Gasteiger partial charge in [0.2, 0.25) is 0 Å². The Bertz CT molecular complexity index is 507. The van der Waals surface area contributed by atoms with Gasteiger partial charge in [-0.1, -0.05) is 31.5 Å². The maximum Gasteiger partial charge on any atom is 0.338 e. The molecule has 5 atom stereocenters. The number of carbonyl (C=O) groups excluding carboxylic acids is 1. The van der Waals surface area contributed by atoms with Crippen LogP contribution in [0.15, 0.2) is 30.3 Å². The second kappa shape index (κ2) is 9.10. The van der Waals surface area contributed by atoms with E-state index in [4.69, 9.17) is 14.2 Å². The van der Waals surface area contributed by atoms with Crippen LogP contribution in [0.25, 0.3) is 0 Å². The summed E-state index contributed by atoms with van der Waals surface area (Å²) in [6.07, 6.45) is -4.25.